The summed E-state index contributed by atoms with van der Waals surface area (Å²) in [6.07, 6.45) is 1.55. The molecule has 1 heterocycles. The van der Waals surface area contributed by atoms with Crippen molar-refractivity contribution in [2.24, 2.45) is 0 Å². The number of para-hydroxylation sites is 1. The Morgan fingerprint density at radius 2 is 1.50 bits per heavy atom. The van der Waals surface area contributed by atoms with Gasteiger partial charge in [0.25, 0.3) is 0 Å². The van der Waals surface area contributed by atoms with Gasteiger partial charge in [-0.05, 0) is 12.1 Å². The fourth-order valence-electron chi connectivity index (χ4n) is 2.37. The Morgan fingerprint density at radius 3 is 2.12 bits per heavy atom. The number of aromatic nitrogens is 3. The second-order valence-corrected chi connectivity index (χ2v) is 5.20. The maximum absolute atomic E-state index is 5.35. The van der Waals surface area contributed by atoms with Crippen molar-refractivity contribution in [2.75, 3.05) is 32.0 Å². The number of anilines is 4. The molecule has 0 atom stereocenters. The number of benzene rings is 2. The fourth-order valence-corrected chi connectivity index (χ4v) is 2.37. The third-order valence-corrected chi connectivity index (χ3v) is 3.53. The van der Waals surface area contributed by atoms with E-state index in [2.05, 4.69) is 25.8 Å². The Hall–Kier alpha value is -3.55. The summed E-state index contributed by atoms with van der Waals surface area (Å²) in [5.74, 6) is 2.47. The Kier molecular flexibility index (Phi) is 5.33. The van der Waals surface area contributed by atoms with E-state index in [-0.39, 0.29) is 0 Å². The van der Waals surface area contributed by atoms with Crippen molar-refractivity contribution in [3.63, 3.8) is 0 Å². The molecule has 0 bridgehead atoms. The highest BCUT2D eigenvalue weighted by Crippen LogP contribution is 2.40. The molecule has 0 radical (unpaired) electrons. The van der Waals surface area contributed by atoms with Crippen LogP contribution in [0.3, 0.4) is 0 Å². The molecule has 0 fully saturated rings. The van der Waals surface area contributed by atoms with Crippen LogP contribution in [-0.2, 0) is 0 Å². The van der Waals surface area contributed by atoms with E-state index in [1.165, 1.54) is 0 Å². The number of hydrogen-bond acceptors (Lipinski definition) is 8. The highest BCUT2D eigenvalue weighted by atomic mass is 16.5. The minimum Gasteiger partial charge on any atom is -0.493 e. The highest BCUT2D eigenvalue weighted by Gasteiger charge is 2.14. The van der Waals surface area contributed by atoms with Gasteiger partial charge in [-0.2, -0.15) is 10.1 Å². The summed E-state index contributed by atoms with van der Waals surface area (Å²) >= 11 is 0. The monoisotopic (exact) mass is 353 g/mol. The Bertz CT molecular complexity index is 849. The zero-order chi connectivity index (χ0) is 18.4. The Balaban J connectivity index is 1.84. The van der Waals surface area contributed by atoms with E-state index >= 15 is 0 Å². The average molecular weight is 353 g/mol. The molecule has 0 amide bonds. The lowest BCUT2D eigenvalue weighted by molar-refractivity contribution is 0.324. The van der Waals surface area contributed by atoms with E-state index in [0.29, 0.717) is 34.7 Å². The summed E-state index contributed by atoms with van der Waals surface area (Å²) < 4.78 is 16.0. The van der Waals surface area contributed by atoms with Gasteiger partial charge >= 0.3 is 0 Å². The maximum atomic E-state index is 5.35. The predicted octanol–water partition coefficient (Wildman–Crippen LogP) is 3.38. The summed E-state index contributed by atoms with van der Waals surface area (Å²) in [5.41, 5.74) is 1.59. The highest BCUT2D eigenvalue weighted by molar-refractivity contribution is 5.66. The Morgan fingerprint density at radius 1 is 0.808 bits per heavy atom. The molecule has 0 unspecified atom stereocenters. The molecule has 0 aliphatic rings. The molecule has 0 saturated heterocycles. The molecule has 2 aromatic carbocycles. The molecule has 8 heteroatoms. The minimum absolute atomic E-state index is 0.334. The van der Waals surface area contributed by atoms with Crippen LogP contribution in [0, 0.1) is 0 Å². The smallest absolute Gasteiger partial charge is 0.249 e. The molecule has 8 nitrogen and oxygen atoms in total. The van der Waals surface area contributed by atoms with Crippen LogP contribution < -0.4 is 24.8 Å². The van der Waals surface area contributed by atoms with Gasteiger partial charge in [-0.15, -0.1) is 5.10 Å². The van der Waals surface area contributed by atoms with E-state index in [9.17, 15) is 0 Å². The first kappa shape index (κ1) is 17.3. The van der Waals surface area contributed by atoms with Gasteiger partial charge in [0.2, 0.25) is 11.7 Å². The summed E-state index contributed by atoms with van der Waals surface area (Å²) in [6, 6.07) is 13.2. The first-order valence-electron chi connectivity index (χ1n) is 7.82. The molecule has 0 spiro atoms. The first-order valence-corrected chi connectivity index (χ1v) is 7.82. The van der Waals surface area contributed by atoms with E-state index < -0.39 is 0 Å². The lowest BCUT2D eigenvalue weighted by atomic mass is 10.2. The van der Waals surface area contributed by atoms with Crippen molar-refractivity contribution < 1.29 is 14.2 Å². The normalized spacial score (nSPS) is 10.1. The first-order chi connectivity index (χ1) is 12.7. The van der Waals surface area contributed by atoms with Gasteiger partial charge < -0.3 is 24.8 Å². The molecule has 0 saturated carbocycles. The molecule has 2 N–H and O–H groups in total. The van der Waals surface area contributed by atoms with Gasteiger partial charge in [-0.3, -0.25) is 0 Å². The van der Waals surface area contributed by atoms with Crippen molar-refractivity contribution in [3.05, 3.63) is 48.7 Å². The van der Waals surface area contributed by atoms with E-state index in [4.69, 9.17) is 14.2 Å². The summed E-state index contributed by atoms with van der Waals surface area (Å²) in [6.45, 7) is 0. The van der Waals surface area contributed by atoms with Crippen LogP contribution in [0.2, 0.25) is 0 Å². The lowest BCUT2D eigenvalue weighted by Crippen LogP contribution is -2.03. The molecular weight excluding hydrogens is 334 g/mol. The fraction of sp³-hybridized carbons (Fsp3) is 0.167. The van der Waals surface area contributed by atoms with Gasteiger partial charge in [-0.1, -0.05) is 18.2 Å². The number of ether oxygens (including phenoxy) is 3. The zero-order valence-electron chi connectivity index (χ0n) is 14.7. The summed E-state index contributed by atoms with van der Waals surface area (Å²) in [5, 5.41) is 14.2. The Labute approximate surface area is 151 Å². The van der Waals surface area contributed by atoms with Crippen LogP contribution >= 0.6 is 0 Å². The van der Waals surface area contributed by atoms with Crippen molar-refractivity contribution >= 4 is 23.1 Å². The van der Waals surface area contributed by atoms with Crippen LogP contribution in [0.25, 0.3) is 0 Å². The standard InChI is InChI=1S/C18H19N5O3/c1-24-14-9-13(10-15(25-2)17(14)26-3)21-18-22-16(11-19-23-18)20-12-7-5-4-6-8-12/h4-11H,1-3H3,(H2,20,21,22,23). The van der Waals surface area contributed by atoms with E-state index in [1.54, 1.807) is 39.7 Å². The number of methoxy groups -OCH3 is 3. The minimum atomic E-state index is 0.334. The van der Waals surface area contributed by atoms with Crippen molar-refractivity contribution in [3.8, 4) is 17.2 Å². The van der Waals surface area contributed by atoms with Gasteiger partial charge in [0.05, 0.1) is 27.5 Å². The van der Waals surface area contributed by atoms with Gasteiger partial charge in [0.15, 0.2) is 17.3 Å². The second kappa shape index (κ2) is 8.02. The molecule has 1 aromatic heterocycles. The molecule has 3 rings (SSSR count). The van der Waals surface area contributed by atoms with Crippen molar-refractivity contribution in [1.82, 2.24) is 15.2 Å². The van der Waals surface area contributed by atoms with Crippen LogP contribution in [0.1, 0.15) is 0 Å². The quantitative estimate of drug-likeness (QED) is 0.668. The molecule has 134 valence electrons. The number of rotatable bonds is 7. The molecule has 0 aliphatic carbocycles. The van der Waals surface area contributed by atoms with Crippen LogP contribution in [-0.4, -0.2) is 36.5 Å². The predicted molar refractivity (Wildman–Crippen MR) is 98.9 cm³/mol. The van der Waals surface area contributed by atoms with Gasteiger partial charge in [0.1, 0.15) is 0 Å². The van der Waals surface area contributed by atoms with Crippen molar-refractivity contribution in [2.45, 2.75) is 0 Å². The summed E-state index contributed by atoms with van der Waals surface area (Å²) in [7, 11) is 4.67. The maximum Gasteiger partial charge on any atom is 0.249 e. The second-order valence-electron chi connectivity index (χ2n) is 5.20. The molecule has 3 aromatic rings. The average Bonchev–Trinajstić information content (AvgIpc) is 2.68. The summed E-state index contributed by atoms with van der Waals surface area (Å²) in [4.78, 5) is 4.41. The molecule has 0 aliphatic heterocycles. The third kappa shape index (κ3) is 3.92. The number of hydrogen-bond donors (Lipinski definition) is 2. The van der Waals surface area contributed by atoms with E-state index in [0.717, 1.165) is 5.69 Å². The van der Waals surface area contributed by atoms with E-state index in [1.807, 2.05) is 30.3 Å². The topological polar surface area (TPSA) is 90.4 Å². The zero-order valence-corrected chi connectivity index (χ0v) is 14.7. The van der Waals surface area contributed by atoms with Crippen molar-refractivity contribution in [1.29, 1.82) is 0 Å². The number of nitrogens with one attached hydrogen (secondary N) is 2. The molecule has 26 heavy (non-hydrogen) atoms. The molecular formula is C18H19N5O3. The largest absolute Gasteiger partial charge is 0.493 e. The number of nitrogens with zero attached hydrogens (tertiary/aromatic N) is 3. The van der Waals surface area contributed by atoms with Crippen LogP contribution in [0.15, 0.2) is 48.7 Å². The SMILES string of the molecule is COc1cc(Nc2nncc(Nc3ccccc3)n2)cc(OC)c1OC. The third-order valence-electron chi connectivity index (χ3n) is 3.53. The van der Waals surface area contributed by atoms with Gasteiger partial charge in [0, 0.05) is 23.5 Å². The lowest BCUT2D eigenvalue weighted by Gasteiger charge is -2.14. The van der Waals surface area contributed by atoms with Crippen LogP contribution in [0.5, 0.6) is 17.2 Å². The van der Waals surface area contributed by atoms with Gasteiger partial charge in [-0.25, -0.2) is 0 Å². The van der Waals surface area contributed by atoms with Crippen LogP contribution in [0.4, 0.5) is 23.1 Å².